The Balaban J connectivity index is 2.30. The molecule has 82 valence electrons. The van der Waals surface area contributed by atoms with Crippen molar-refractivity contribution in [1.29, 1.82) is 0 Å². The van der Waals surface area contributed by atoms with Gasteiger partial charge >= 0.3 is 5.97 Å². The highest BCUT2D eigenvalue weighted by Crippen LogP contribution is 2.08. The van der Waals surface area contributed by atoms with Crippen LogP contribution < -0.4 is 5.32 Å². The molecule has 0 radical (unpaired) electrons. The van der Waals surface area contributed by atoms with Crippen LogP contribution in [0.3, 0.4) is 0 Å². The van der Waals surface area contributed by atoms with E-state index in [0.29, 0.717) is 6.04 Å². The lowest BCUT2D eigenvalue weighted by Gasteiger charge is -2.21. The third-order valence-corrected chi connectivity index (χ3v) is 2.59. The second-order valence-electron chi connectivity index (χ2n) is 4.21. The van der Waals surface area contributed by atoms with Crippen LogP contribution in [0.25, 0.3) is 0 Å². The molecule has 0 amide bonds. The van der Waals surface area contributed by atoms with Gasteiger partial charge in [0.05, 0.1) is 0 Å². The predicted octanol–water partition coefficient (Wildman–Crippen LogP) is -0.884. The van der Waals surface area contributed by atoms with Crippen molar-refractivity contribution in [3.05, 3.63) is 0 Å². The number of hydrogen-bond acceptors (Lipinski definition) is 4. The average Bonchev–Trinajstić information content (AvgIpc) is 2.48. The van der Waals surface area contributed by atoms with Crippen molar-refractivity contribution in [2.45, 2.75) is 25.0 Å². The lowest BCUT2D eigenvalue weighted by atomic mass is 10.1. The van der Waals surface area contributed by atoms with E-state index in [1.54, 1.807) is 0 Å². The molecule has 2 unspecified atom stereocenters. The van der Waals surface area contributed by atoms with Gasteiger partial charge in [0.15, 0.2) is 5.60 Å². The minimum Gasteiger partial charge on any atom is -0.479 e. The number of aliphatic hydroxyl groups is 1. The Hall–Kier alpha value is -0.650. The molecule has 1 heterocycles. The standard InChI is InChI=1S/C9H18N2O3/c1-9(14,8(12)13)6-10-7-3-4-11(2)5-7/h7,10,14H,3-6H2,1-2H3,(H,12,13). The summed E-state index contributed by atoms with van der Waals surface area (Å²) < 4.78 is 0. The number of likely N-dealkylation sites (tertiary alicyclic amines) is 1. The molecule has 1 fully saturated rings. The lowest BCUT2D eigenvalue weighted by Crippen LogP contribution is -2.48. The quantitative estimate of drug-likeness (QED) is 0.552. The van der Waals surface area contributed by atoms with Crippen LogP contribution in [0, 0.1) is 0 Å². The summed E-state index contributed by atoms with van der Waals surface area (Å²) >= 11 is 0. The van der Waals surface area contributed by atoms with E-state index in [1.165, 1.54) is 6.92 Å². The number of aliphatic carboxylic acids is 1. The molecule has 3 N–H and O–H groups in total. The Morgan fingerprint density at radius 1 is 1.71 bits per heavy atom. The Bertz CT molecular complexity index is 218. The van der Waals surface area contributed by atoms with E-state index >= 15 is 0 Å². The summed E-state index contributed by atoms with van der Waals surface area (Å²) in [6.45, 7) is 3.34. The number of carbonyl (C=O) groups is 1. The smallest absolute Gasteiger partial charge is 0.336 e. The molecule has 0 aliphatic carbocycles. The van der Waals surface area contributed by atoms with Gasteiger partial charge in [0, 0.05) is 19.1 Å². The highest BCUT2D eigenvalue weighted by molar-refractivity contribution is 5.76. The van der Waals surface area contributed by atoms with Crippen molar-refractivity contribution < 1.29 is 15.0 Å². The topological polar surface area (TPSA) is 72.8 Å². The van der Waals surface area contributed by atoms with Gasteiger partial charge in [0.25, 0.3) is 0 Å². The van der Waals surface area contributed by atoms with Gasteiger partial charge in [0.1, 0.15) is 0 Å². The first-order valence-electron chi connectivity index (χ1n) is 4.79. The van der Waals surface area contributed by atoms with Crippen LogP contribution >= 0.6 is 0 Å². The molecule has 2 atom stereocenters. The summed E-state index contributed by atoms with van der Waals surface area (Å²) in [6, 6.07) is 0.297. The van der Waals surface area contributed by atoms with Crippen LogP contribution in [0.4, 0.5) is 0 Å². The Labute approximate surface area is 83.7 Å². The second kappa shape index (κ2) is 4.25. The van der Waals surface area contributed by atoms with Crippen molar-refractivity contribution in [2.75, 3.05) is 26.7 Å². The van der Waals surface area contributed by atoms with Gasteiger partial charge in [-0.3, -0.25) is 0 Å². The summed E-state index contributed by atoms with van der Waals surface area (Å²) in [5, 5.41) is 21.2. The third kappa shape index (κ3) is 2.94. The van der Waals surface area contributed by atoms with E-state index in [-0.39, 0.29) is 6.54 Å². The van der Waals surface area contributed by atoms with E-state index in [0.717, 1.165) is 19.5 Å². The largest absolute Gasteiger partial charge is 0.479 e. The highest BCUT2D eigenvalue weighted by atomic mass is 16.4. The molecule has 1 aliphatic rings. The SMILES string of the molecule is CN1CCC(NCC(C)(O)C(=O)O)C1. The molecule has 0 bridgehead atoms. The average molecular weight is 202 g/mol. The number of nitrogens with one attached hydrogen (secondary N) is 1. The van der Waals surface area contributed by atoms with Crippen molar-refractivity contribution >= 4 is 5.97 Å². The summed E-state index contributed by atoms with van der Waals surface area (Å²) in [7, 11) is 2.02. The maximum Gasteiger partial charge on any atom is 0.336 e. The Morgan fingerprint density at radius 3 is 2.79 bits per heavy atom. The first kappa shape index (κ1) is 11.4. The summed E-state index contributed by atoms with van der Waals surface area (Å²) in [4.78, 5) is 12.8. The molecule has 0 aromatic carbocycles. The maximum absolute atomic E-state index is 10.6. The van der Waals surface area contributed by atoms with E-state index in [2.05, 4.69) is 10.2 Å². The van der Waals surface area contributed by atoms with Gasteiger partial charge in [-0.2, -0.15) is 0 Å². The number of carboxylic acid groups (broad SMARTS) is 1. The molecule has 5 nitrogen and oxygen atoms in total. The molecule has 0 aromatic heterocycles. The first-order chi connectivity index (χ1) is 6.42. The zero-order chi connectivity index (χ0) is 10.8. The number of rotatable bonds is 4. The Morgan fingerprint density at radius 2 is 2.36 bits per heavy atom. The normalized spacial score (nSPS) is 27.5. The fourth-order valence-electron chi connectivity index (χ4n) is 1.52. The van der Waals surface area contributed by atoms with Crippen molar-refractivity contribution in [3.8, 4) is 0 Å². The first-order valence-corrected chi connectivity index (χ1v) is 4.79. The molecule has 1 aliphatic heterocycles. The zero-order valence-electron chi connectivity index (χ0n) is 8.66. The molecule has 5 heteroatoms. The van der Waals surface area contributed by atoms with Crippen molar-refractivity contribution in [1.82, 2.24) is 10.2 Å². The molecule has 0 spiro atoms. The minimum atomic E-state index is -1.67. The second-order valence-corrected chi connectivity index (χ2v) is 4.21. The fraction of sp³-hybridized carbons (Fsp3) is 0.889. The predicted molar refractivity (Wildman–Crippen MR) is 52.2 cm³/mol. The van der Waals surface area contributed by atoms with Crippen LogP contribution in [0.2, 0.25) is 0 Å². The van der Waals surface area contributed by atoms with Crippen LogP contribution in [0.1, 0.15) is 13.3 Å². The van der Waals surface area contributed by atoms with Crippen LogP contribution in [0.5, 0.6) is 0 Å². The van der Waals surface area contributed by atoms with Gasteiger partial charge in [-0.05, 0) is 26.9 Å². The number of hydrogen-bond donors (Lipinski definition) is 3. The fourth-order valence-corrected chi connectivity index (χ4v) is 1.52. The molecule has 1 saturated heterocycles. The van der Waals surface area contributed by atoms with E-state index in [1.807, 2.05) is 7.05 Å². The van der Waals surface area contributed by atoms with Gasteiger partial charge in [0.2, 0.25) is 0 Å². The lowest BCUT2D eigenvalue weighted by molar-refractivity contribution is -0.156. The zero-order valence-corrected chi connectivity index (χ0v) is 8.66. The molecule has 14 heavy (non-hydrogen) atoms. The summed E-state index contributed by atoms with van der Waals surface area (Å²) in [6.07, 6.45) is 1.01. The summed E-state index contributed by atoms with van der Waals surface area (Å²) in [5.74, 6) is -1.18. The van der Waals surface area contributed by atoms with Crippen molar-refractivity contribution in [2.24, 2.45) is 0 Å². The monoisotopic (exact) mass is 202 g/mol. The van der Waals surface area contributed by atoms with Gasteiger partial charge in [-0.15, -0.1) is 0 Å². The van der Waals surface area contributed by atoms with Gasteiger partial charge < -0.3 is 20.4 Å². The molecule has 1 rings (SSSR count). The number of likely N-dealkylation sites (N-methyl/N-ethyl adjacent to an activating group) is 1. The number of nitrogens with zero attached hydrogens (tertiary/aromatic N) is 1. The van der Waals surface area contributed by atoms with E-state index in [9.17, 15) is 9.90 Å². The van der Waals surface area contributed by atoms with Crippen LogP contribution in [0.15, 0.2) is 0 Å². The van der Waals surface area contributed by atoms with Gasteiger partial charge in [-0.25, -0.2) is 4.79 Å². The van der Waals surface area contributed by atoms with Crippen LogP contribution in [-0.4, -0.2) is 59.4 Å². The minimum absolute atomic E-state index is 0.0981. The molecular formula is C9H18N2O3. The van der Waals surface area contributed by atoms with E-state index < -0.39 is 11.6 Å². The van der Waals surface area contributed by atoms with E-state index in [4.69, 9.17) is 5.11 Å². The highest BCUT2D eigenvalue weighted by Gasteiger charge is 2.31. The number of carboxylic acids is 1. The molecular weight excluding hydrogens is 184 g/mol. The maximum atomic E-state index is 10.6. The molecule has 0 aromatic rings. The van der Waals surface area contributed by atoms with Crippen molar-refractivity contribution in [3.63, 3.8) is 0 Å². The Kier molecular flexibility index (Phi) is 3.47. The summed E-state index contributed by atoms with van der Waals surface area (Å²) in [5.41, 5.74) is -1.67. The molecule has 0 saturated carbocycles. The van der Waals surface area contributed by atoms with Crippen LogP contribution in [-0.2, 0) is 4.79 Å². The van der Waals surface area contributed by atoms with Gasteiger partial charge in [-0.1, -0.05) is 0 Å². The third-order valence-electron chi connectivity index (χ3n) is 2.59.